The highest BCUT2D eigenvalue weighted by molar-refractivity contribution is 5.99. The van der Waals surface area contributed by atoms with Crippen molar-refractivity contribution in [3.63, 3.8) is 0 Å². The smallest absolute Gasteiger partial charge is 0.253 e. The molecule has 1 aromatic rings. The molecule has 0 bridgehead atoms. The Kier molecular flexibility index (Phi) is 5.20. The van der Waals surface area contributed by atoms with Crippen LogP contribution in [0.5, 0.6) is 0 Å². The summed E-state index contributed by atoms with van der Waals surface area (Å²) in [4.78, 5) is 23.7. The highest BCUT2D eigenvalue weighted by atomic mass is 16.2. The van der Waals surface area contributed by atoms with Crippen molar-refractivity contribution in [2.75, 3.05) is 18.9 Å². The molecule has 1 aromatic carbocycles. The van der Waals surface area contributed by atoms with Crippen molar-refractivity contribution in [2.45, 2.75) is 38.6 Å². The lowest BCUT2D eigenvalue weighted by molar-refractivity contribution is -0.121. The number of benzene rings is 1. The van der Waals surface area contributed by atoms with Crippen molar-refractivity contribution in [1.82, 2.24) is 10.6 Å². The number of anilines is 1. The molecule has 3 N–H and O–H groups in total. The first kappa shape index (κ1) is 15.4. The van der Waals surface area contributed by atoms with Crippen LogP contribution in [0.2, 0.25) is 0 Å². The van der Waals surface area contributed by atoms with E-state index in [-0.39, 0.29) is 11.8 Å². The minimum atomic E-state index is -0.106. The first-order valence-electron chi connectivity index (χ1n) is 7.46. The Morgan fingerprint density at radius 3 is 2.71 bits per heavy atom. The number of amides is 2. The van der Waals surface area contributed by atoms with Crippen LogP contribution in [0.15, 0.2) is 18.2 Å². The Morgan fingerprint density at radius 1 is 1.29 bits per heavy atom. The number of nitrogens with one attached hydrogen (secondary N) is 3. The summed E-state index contributed by atoms with van der Waals surface area (Å²) in [5.74, 6) is -0.0242. The van der Waals surface area contributed by atoms with Crippen LogP contribution in [0.25, 0.3) is 0 Å². The minimum Gasteiger partial charge on any atom is -0.387 e. The zero-order chi connectivity index (χ0) is 15.2. The summed E-state index contributed by atoms with van der Waals surface area (Å²) in [6.45, 7) is 2.46. The van der Waals surface area contributed by atoms with E-state index in [0.717, 1.165) is 24.1 Å². The molecule has 114 valence electrons. The normalized spacial score (nSPS) is 13.6. The van der Waals surface area contributed by atoms with E-state index in [2.05, 4.69) is 16.0 Å². The van der Waals surface area contributed by atoms with Crippen LogP contribution in [-0.2, 0) is 4.79 Å². The Bertz CT molecular complexity index is 524. The third kappa shape index (κ3) is 4.77. The Balaban J connectivity index is 1.76. The van der Waals surface area contributed by atoms with Crippen LogP contribution in [0.3, 0.4) is 0 Å². The van der Waals surface area contributed by atoms with Gasteiger partial charge in [-0.3, -0.25) is 9.59 Å². The average Bonchev–Trinajstić information content (AvgIpc) is 3.27. The molecular formula is C16H23N3O2. The lowest BCUT2D eigenvalue weighted by atomic mass is 10.1. The number of aryl methyl sites for hydroxylation is 1. The summed E-state index contributed by atoms with van der Waals surface area (Å²) in [7, 11) is 1.80. The molecule has 2 rings (SSSR count). The van der Waals surface area contributed by atoms with Crippen molar-refractivity contribution in [3.8, 4) is 0 Å². The summed E-state index contributed by atoms with van der Waals surface area (Å²) in [6, 6.07) is 6.12. The van der Waals surface area contributed by atoms with Crippen LogP contribution >= 0.6 is 0 Å². The first-order valence-corrected chi connectivity index (χ1v) is 7.46. The standard InChI is InChI=1S/C16H23N3O2/c1-11-5-8-14(17-2)13(10-11)16(21)18-9-3-4-15(20)19-12-6-7-12/h5,8,10,12,17H,3-4,6-7,9H2,1-2H3,(H,18,21)(H,19,20). The van der Waals surface area contributed by atoms with Crippen molar-refractivity contribution in [2.24, 2.45) is 0 Å². The summed E-state index contributed by atoms with van der Waals surface area (Å²) >= 11 is 0. The van der Waals surface area contributed by atoms with Gasteiger partial charge in [-0.25, -0.2) is 0 Å². The van der Waals surface area contributed by atoms with E-state index >= 15 is 0 Å². The molecule has 0 unspecified atom stereocenters. The van der Waals surface area contributed by atoms with Gasteiger partial charge in [0.05, 0.1) is 5.56 Å². The first-order chi connectivity index (χ1) is 10.1. The number of rotatable bonds is 7. The van der Waals surface area contributed by atoms with E-state index in [1.54, 1.807) is 7.05 Å². The Morgan fingerprint density at radius 2 is 2.05 bits per heavy atom. The summed E-state index contributed by atoms with van der Waals surface area (Å²) < 4.78 is 0. The molecule has 0 spiro atoms. The van der Waals surface area contributed by atoms with Gasteiger partial charge in [0.15, 0.2) is 0 Å². The molecule has 1 fully saturated rings. The molecule has 1 aliphatic carbocycles. The zero-order valence-electron chi connectivity index (χ0n) is 12.7. The molecule has 21 heavy (non-hydrogen) atoms. The lowest BCUT2D eigenvalue weighted by Gasteiger charge is -2.11. The predicted molar refractivity (Wildman–Crippen MR) is 83.5 cm³/mol. The molecule has 5 nitrogen and oxygen atoms in total. The second-order valence-corrected chi connectivity index (χ2v) is 5.50. The van der Waals surface area contributed by atoms with Gasteiger partial charge in [0.1, 0.15) is 0 Å². The minimum absolute atomic E-state index is 0.0817. The molecule has 0 atom stereocenters. The summed E-state index contributed by atoms with van der Waals surface area (Å²) in [5.41, 5.74) is 2.49. The fraction of sp³-hybridized carbons (Fsp3) is 0.500. The van der Waals surface area contributed by atoms with Gasteiger partial charge >= 0.3 is 0 Å². The highest BCUT2D eigenvalue weighted by Gasteiger charge is 2.22. The van der Waals surface area contributed by atoms with Crippen molar-refractivity contribution < 1.29 is 9.59 Å². The second kappa shape index (κ2) is 7.11. The predicted octanol–water partition coefficient (Wildman–Crippen LogP) is 1.83. The van der Waals surface area contributed by atoms with Gasteiger partial charge in [0.25, 0.3) is 5.91 Å². The van der Waals surface area contributed by atoms with Gasteiger partial charge in [-0.05, 0) is 38.3 Å². The van der Waals surface area contributed by atoms with Crippen molar-refractivity contribution in [3.05, 3.63) is 29.3 Å². The Hall–Kier alpha value is -2.04. The van der Waals surface area contributed by atoms with Gasteiger partial charge in [0.2, 0.25) is 5.91 Å². The maximum absolute atomic E-state index is 12.2. The fourth-order valence-electron chi connectivity index (χ4n) is 2.14. The molecule has 1 aliphatic rings. The van der Waals surface area contributed by atoms with E-state index in [9.17, 15) is 9.59 Å². The van der Waals surface area contributed by atoms with E-state index < -0.39 is 0 Å². The van der Waals surface area contributed by atoms with E-state index in [1.165, 1.54) is 0 Å². The van der Waals surface area contributed by atoms with E-state index in [1.807, 2.05) is 25.1 Å². The second-order valence-electron chi connectivity index (χ2n) is 5.50. The van der Waals surface area contributed by atoms with Crippen molar-refractivity contribution >= 4 is 17.5 Å². The van der Waals surface area contributed by atoms with Gasteiger partial charge in [-0.15, -0.1) is 0 Å². The third-order valence-electron chi connectivity index (χ3n) is 3.50. The SMILES string of the molecule is CNc1ccc(C)cc1C(=O)NCCCC(=O)NC1CC1. The molecule has 5 heteroatoms. The van der Waals surface area contributed by atoms with Crippen LogP contribution < -0.4 is 16.0 Å². The number of carbonyl (C=O) groups is 2. The largest absolute Gasteiger partial charge is 0.387 e. The molecule has 0 heterocycles. The van der Waals surface area contributed by atoms with Crippen molar-refractivity contribution in [1.29, 1.82) is 0 Å². The van der Waals surface area contributed by atoms with Gasteiger partial charge in [0, 0.05) is 31.7 Å². The summed E-state index contributed by atoms with van der Waals surface area (Å²) in [6.07, 6.45) is 3.32. The average molecular weight is 289 g/mol. The van der Waals surface area contributed by atoms with Crippen LogP contribution in [0.4, 0.5) is 5.69 Å². The molecule has 2 amide bonds. The molecule has 1 saturated carbocycles. The molecule has 0 aliphatic heterocycles. The topological polar surface area (TPSA) is 70.2 Å². The number of hydrogen-bond acceptors (Lipinski definition) is 3. The third-order valence-corrected chi connectivity index (χ3v) is 3.50. The zero-order valence-corrected chi connectivity index (χ0v) is 12.7. The Labute approximate surface area is 125 Å². The highest BCUT2D eigenvalue weighted by Crippen LogP contribution is 2.19. The fourth-order valence-corrected chi connectivity index (χ4v) is 2.14. The van der Waals surface area contributed by atoms with Crippen LogP contribution in [0.1, 0.15) is 41.6 Å². The van der Waals surface area contributed by atoms with Crippen LogP contribution in [0, 0.1) is 6.92 Å². The lowest BCUT2D eigenvalue weighted by Crippen LogP contribution is -2.28. The van der Waals surface area contributed by atoms with Gasteiger partial charge < -0.3 is 16.0 Å². The maximum atomic E-state index is 12.2. The van der Waals surface area contributed by atoms with Gasteiger partial charge in [-0.2, -0.15) is 0 Å². The molecule has 0 radical (unpaired) electrons. The molecular weight excluding hydrogens is 266 g/mol. The summed E-state index contributed by atoms with van der Waals surface area (Å²) in [5, 5.41) is 8.82. The number of carbonyl (C=O) groups excluding carboxylic acids is 2. The van der Waals surface area contributed by atoms with E-state index in [0.29, 0.717) is 31.0 Å². The van der Waals surface area contributed by atoms with Gasteiger partial charge in [-0.1, -0.05) is 11.6 Å². The molecule has 0 aromatic heterocycles. The molecule has 0 saturated heterocycles. The van der Waals surface area contributed by atoms with E-state index in [4.69, 9.17) is 0 Å². The quantitative estimate of drug-likeness (QED) is 0.671. The van der Waals surface area contributed by atoms with Crippen LogP contribution in [-0.4, -0.2) is 31.4 Å². The monoisotopic (exact) mass is 289 g/mol. The number of hydrogen-bond donors (Lipinski definition) is 3. The maximum Gasteiger partial charge on any atom is 0.253 e.